The Morgan fingerprint density at radius 2 is 2.00 bits per heavy atom. The van der Waals surface area contributed by atoms with E-state index in [9.17, 15) is 9.18 Å². The van der Waals surface area contributed by atoms with Crippen LogP contribution in [-0.2, 0) is 0 Å². The van der Waals surface area contributed by atoms with E-state index in [1.807, 2.05) is 6.92 Å². The molecule has 0 saturated heterocycles. The van der Waals surface area contributed by atoms with E-state index >= 15 is 0 Å². The van der Waals surface area contributed by atoms with Gasteiger partial charge in [0.1, 0.15) is 5.82 Å². The Morgan fingerprint density at radius 3 is 2.68 bits per heavy atom. The summed E-state index contributed by atoms with van der Waals surface area (Å²) in [5.41, 5.74) is 7.74. The van der Waals surface area contributed by atoms with Crippen LogP contribution in [0.25, 0.3) is 0 Å². The minimum atomic E-state index is -1.10. The number of aryl methyl sites for hydroxylation is 1. The number of nitrogens with one attached hydrogen (secondary N) is 1. The number of benzene rings is 2. The average molecular weight is 260 g/mol. The van der Waals surface area contributed by atoms with Crippen LogP contribution in [-0.4, -0.2) is 11.1 Å². The van der Waals surface area contributed by atoms with Gasteiger partial charge in [0.05, 0.1) is 16.9 Å². The van der Waals surface area contributed by atoms with Gasteiger partial charge in [-0.2, -0.15) is 0 Å². The largest absolute Gasteiger partial charge is 0.478 e. The molecule has 0 fully saturated rings. The lowest BCUT2D eigenvalue weighted by molar-refractivity contribution is 0.0698. The summed E-state index contributed by atoms with van der Waals surface area (Å²) in [6.45, 7) is 1.82. The average Bonchev–Trinajstić information content (AvgIpc) is 2.36. The Balaban J connectivity index is 2.41. The summed E-state index contributed by atoms with van der Waals surface area (Å²) < 4.78 is 13.2. The van der Waals surface area contributed by atoms with Crippen LogP contribution in [0.15, 0.2) is 36.4 Å². The summed E-state index contributed by atoms with van der Waals surface area (Å²) in [5, 5.41) is 11.9. The fourth-order valence-corrected chi connectivity index (χ4v) is 1.73. The number of carbonyl (C=O) groups is 1. The molecule has 2 aromatic rings. The molecule has 0 aromatic heterocycles. The van der Waals surface area contributed by atoms with Crippen molar-refractivity contribution in [3.8, 4) is 0 Å². The first-order valence-electron chi connectivity index (χ1n) is 5.64. The van der Waals surface area contributed by atoms with E-state index in [0.29, 0.717) is 11.4 Å². The highest BCUT2D eigenvalue weighted by atomic mass is 19.1. The second-order valence-electron chi connectivity index (χ2n) is 4.16. The lowest BCUT2D eigenvalue weighted by atomic mass is 10.1. The third-order valence-electron chi connectivity index (χ3n) is 2.81. The predicted molar refractivity (Wildman–Crippen MR) is 72.2 cm³/mol. The quantitative estimate of drug-likeness (QED) is 0.741. The molecule has 0 radical (unpaired) electrons. The molecule has 2 rings (SSSR count). The maximum Gasteiger partial charge on any atom is 0.337 e. The molecule has 4 N–H and O–H groups in total. The predicted octanol–water partition coefficient (Wildman–Crippen LogP) is 3.16. The minimum absolute atomic E-state index is 0.0130. The Kier molecular flexibility index (Phi) is 3.37. The summed E-state index contributed by atoms with van der Waals surface area (Å²) in [6, 6.07) is 8.97. The van der Waals surface area contributed by atoms with Gasteiger partial charge in [0.15, 0.2) is 0 Å². The highest BCUT2D eigenvalue weighted by molar-refractivity contribution is 5.97. The monoisotopic (exact) mass is 260 g/mol. The standard InChI is InChI=1S/C14H13FN2O2/c1-8-5-6-9(15)7-12(8)17-11-4-2-3-10(13(11)16)14(18)19/h2-7,17H,16H2,1H3,(H,18,19). The van der Waals surface area contributed by atoms with Gasteiger partial charge in [0, 0.05) is 5.69 Å². The highest BCUT2D eigenvalue weighted by Gasteiger charge is 2.11. The molecule has 0 aliphatic heterocycles. The molecule has 0 amide bonds. The Labute approximate surface area is 109 Å². The number of carboxylic acids is 1. The molecule has 98 valence electrons. The number of anilines is 3. The molecule has 0 bridgehead atoms. The fraction of sp³-hybridized carbons (Fsp3) is 0.0714. The van der Waals surface area contributed by atoms with Gasteiger partial charge in [-0.25, -0.2) is 9.18 Å². The van der Waals surface area contributed by atoms with Crippen LogP contribution in [0.2, 0.25) is 0 Å². The molecule has 0 aliphatic carbocycles. The SMILES string of the molecule is Cc1ccc(F)cc1Nc1cccc(C(=O)O)c1N. The van der Waals surface area contributed by atoms with Crippen molar-refractivity contribution in [1.82, 2.24) is 0 Å². The summed E-state index contributed by atoms with van der Waals surface area (Å²) >= 11 is 0. The molecule has 0 spiro atoms. The molecule has 0 unspecified atom stereocenters. The normalized spacial score (nSPS) is 10.2. The summed E-state index contributed by atoms with van der Waals surface area (Å²) in [4.78, 5) is 11.0. The van der Waals surface area contributed by atoms with Crippen LogP contribution in [0.5, 0.6) is 0 Å². The van der Waals surface area contributed by atoms with Crippen molar-refractivity contribution in [2.24, 2.45) is 0 Å². The molecule has 0 aliphatic rings. The second-order valence-corrected chi connectivity index (χ2v) is 4.16. The molecular formula is C14H13FN2O2. The van der Waals surface area contributed by atoms with Gasteiger partial charge in [0.25, 0.3) is 0 Å². The Bertz CT molecular complexity index is 641. The number of rotatable bonds is 3. The minimum Gasteiger partial charge on any atom is -0.478 e. The van der Waals surface area contributed by atoms with Crippen LogP contribution in [0.1, 0.15) is 15.9 Å². The third kappa shape index (κ3) is 2.65. The molecule has 2 aromatic carbocycles. The van der Waals surface area contributed by atoms with Crippen molar-refractivity contribution in [1.29, 1.82) is 0 Å². The number of para-hydroxylation sites is 1. The van der Waals surface area contributed by atoms with Crippen LogP contribution in [0.4, 0.5) is 21.5 Å². The van der Waals surface area contributed by atoms with Crippen molar-refractivity contribution in [2.75, 3.05) is 11.1 Å². The number of aromatic carboxylic acids is 1. The van der Waals surface area contributed by atoms with Gasteiger partial charge >= 0.3 is 5.97 Å². The number of nitrogens with two attached hydrogens (primary N) is 1. The number of carboxylic acid groups (broad SMARTS) is 1. The van der Waals surface area contributed by atoms with Gasteiger partial charge in [0.2, 0.25) is 0 Å². The molecule has 5 heteroatoms. The molecule has 19 heavy (non-hydrogen) atoms. The lowest BCUT2D eigenvalue weighted by Crippen LogP contribution is -2.05. The zero-order valence-electron chi connectivity index (χ0n) is 10.3. The van der Waals surface area contributed by atoms with Crippen molar-refractivity contribution < 1.29 is 14.3 Å². The van der Waals surface area contributed by atoms with E-state index in [0.717, 1.165) is 5.56 Å². The second kappa shape index (κ2) is 4.97. The summed E-state index contributed by atoms with van der Waals surface area (Å²) in [6.07, 6.45) is 0. The first-order chi connectivity index (χ1) is 8.99. The molecule has 0 saturated carbocycles. The van der Waals surface area contributed by atoms with Crippen molar-refractivity contribution in [3.63, 3.8) is 0 Å². The zero-order valence-corrected chi connectivity index (χ0v) is 10.3. The number of hydrogen-bond acceptors (Lipinski definition) is 3. The van der Waals surface area contributed by atoms with Crippen molar-refractivity contribution in [2.45, 2.75) is 6.92 Å². The summed E-state index contributed by atoms with van der Waals surface area (Å²) in [7, 11) is 0. The Hall–Kier alpha value is -2.56. The maximum atomic E-state index is 13.2. The topological polar surface area (TPSA) is 75.3 Å². The summed E-state index contributed by atoms with van der Waals surface area (Å²) in [5.74, 6) is -1.47. The third-order valence-corrected chi connectivity index (χ3v) is 2.81. The van der Waals surface area contributed by atoms with Crippen molar-refractivity contribution >= 4 is 23.0 Å². The van der Waals surface area contributed by atoms with E-state index in [1.54, 1.807) is 18.2 Å². The first-order valence-corrected chi connectivity index (χ1v) is 5.64. The van der Waals surface area contributed by atoms with Gasteiger partial charge in [-0.15, -0.1) is 0 Å². The van der Waals surface area contributed by atoms with Crippen LogP contribution >= 0.6 is 0 Å². The first kappa shape index (κ1) is 12.9. The van der Waals surface area contributed by atoms with Crippen molar-refractivity contribution in [3.05, 3.63) is 53.3 Å². The van der Waals surface area contributed by atoms with Gasteiger partial charge in [-0.1, -0.05) is 12.1 Å². The zero-order chi connectivity index (χ0) is 14.0. The molecular weight excluding hydrogens is 247 g/mol. The van der Waals surface area contributed by atoms with E-state index < -0.39 is 5.97 Å². The molecule has 0 atom stereocenters. The van der Waals surface area contributed by atoms with Crippen LogP contribution in [0, 0.1) is 12.7 Å². The van der Waals surface area contributed by atoms with Gasteiger partial charge in [-0.05, 0) is 36.8 Å². The van der Waals surface area contributed by atoms with Gasteiger partial charge < -0.3 is 16.2 Å². The maximum absolute atomic E-state index is 13.2. The molecule has 0 heterocycles. The van der Waals surface area contributed by atoms with E-state index in [1.165, 1.54) is 18.2 Å². The van der Waals surface area contributed by atoms with E-state index in [2.05, 4.69) is 5.32 Å². The van der Waals surface area contributed by atoms with Crippen LogP contribution in [0.3, 0.4) is 0 Å². The molecule has 4 nitrogen and oxygen atoms in total. The number of hydrogen-bond donors (Lipinski definition) is 3. The highest BCUT2D eigenvalue weighted by Crippen LogP contribution is 2.28. The lowest BCUT2D eigenvalue weighted by Gasteiger charge is -2.13. The Morgan fingerprint density at radius 1 is 1.26 bits per heavy atom. The van der Waals surface area contributed by atoms with E-state index in [4.69, 9.17) is 10.8 Å². The van der Waals surface area contributed by atoms with Crippen LogP contribution < -0.4 is 11.1 Å². The number of halogens is 1. The smallest absolute Gasteiger partial charge is 0.337 e. The van der Waals surface area contributed by atoms with Gasteiger partial charge in [-0.3, -0.25) is 0 Å². The number of nitrogen functional groups attached to an aromatic ring is 1. The fourth-order valence-electron chi connectivity index (χ4n) is 1.73. The van der Waals surface area contributed by atoms with E-state index in [-0.39, 0.29) is 17.1 Å².